The second kappa shape index (κ2) is 14.3. The highest BCUT2D eigenvalue weighted by molar-refractivity contribution is 5.81. The fourth-order valence-corrected chi connectivity index (χ4v) is 4.82. The summed E-state index contributed by atoms with van der Waals surface area (Å²) in [5.41, 5.74) is 3.88. The lowest BCUT2D eigenvalue weighted by Crippen LogP contribution is -2.49. The molecule has 1 saturated carbocycles. The minimum absolute atomic E-state index is 0.149. The number of rotatable bonds is 14. The van der Waals surface area contributed by atoms with Crippen molar-refractivity contribution in [3.05, 3.63) is 29.3 Å². The van der Waals surface area contributed by atoms with Crippen LogP contribution in [0, 0.1) is 0 Å². The molecule has 1 unspecified atom stereocenters. The molecule has 1 heterocycles. The van der Waals surface area contributed by atoms with Gasteiger partial charge in [0, 0.05) is 23.7 Å². The van der Waals surface area contributed by atoms with Crippen LogP contribution in [0.15, 0.2) is 18.2 Å². The van der Waals surface area contributed by atoms with Crippen LogP contribution >= 0.6 is 0 Å². The summed E-state index contributed by atoms with van der Waals surface area (Å²) in [6.07, 6.45) is 14.2. The lowest BCUT2D eigenvalue weighted by Gasteiger charge is -2.30. The Morgan fingerprint density at radius 2 is 1.91 bits per heavy atom. The van der Waals surface area contributed by atoms with Crippen LogP contribution in [-0.4, -0.2) is 56.0 Å². The number of amides is 1. The van der Waals surface area contributed by atoms with Crippen molar-refractivity contribution >= 4 is 12.2 Å². The van der Waals surface area contributed by atoms with Gasteiger partial charge in [0.2, 0.25) is 0 Å². The van der Waals surface area contributed by atoms with E-state index >= 15 is 0 Å². The average Bonchev–Trinajstić information content (AvgIpc) is 2.84. The molecule has 1 aliphatic carbocycles. The molecule has 33 heavy (non-hydrogen) atoms. The average molecular weight is 460 g/mol. The first kappa shape index (κ1) is 25.7. The van der Waals surface area contributed by atoms with Crippen LogP contribution in [0.25, 0.3) is 0 Å². The number of ether oxygens (including phenoxy) is 1. The number of hydroxylamine groups is 1. The van der Waals surface area contributed by atoms with Crippen molar-refractivity contribution in [2.24, 2.45) is 0 Å². The van der Waals surface area contributed by atoms with Gasteiger partial charge >= 0.3 is 0 Å². The van der Waals surface area contributed by atoms with Crippen LogP contribution in [0.1, 0.15) is 86.6 Å². The summed E-state index contributed by atoms with van der Waals surface area (Å²) >= 11 is 0. The molecule has 1 atom stereocenters. The number of carbonyl (C=O) groups is 2. The van der Waals surface area contributed by atoms with Crippen molar-refractivity contribution in [1.82, 2.24) is 15.7 Å². The molecule has 2 N–H and O–H groups in total. The number of carbonyl (C=O) groups excluding carboxylic acids is 2. The highest BCUT2D eigenvalue weighted by Crippen LogP contribution is 2.25. The van der Waals surface area contributed by atoms with Gasteiger partial charge in [-0.2, -0.15) is 0 Å². The first-order valence-corrected chi connectivity index (χ1v) is 12.7. The number of aldehydes is 1. The third-order valence-electron chi connectivity index (χ3n) is 6.82. The Morgan fingerprint density at radius 3 is 2.70 bits per heavy atom. The predicted molar refractivity (Wildman–Crippen MR) is 129 cm³/mol. The second-order valence-electron chi connectivity index (χ2n) is 9.38. The summed E-state index contributed by atoms with van der Waals surface area (Å²) < 4.78 is 6.08. The number of hydrogen-bond acceptors (Lipinski definition) is 6. The van der Waals surface area contributed by atoms with Crippen LogP contribution < -0.4 is 15.5 Å². The number of likely N-dealkylation sites (N-methyl/N-ethyl adjacent to an activating group) is 1. The molecule has 0 aromatic heterocycles. The van der Waals surface area contributed by atoms with Gasteiger partial charge in [-0.1, -0.05) is 50.7 Å². The van der Waals surface area contributed by atoms with Crippen molar-refractivity contribution < 1.29 is 19.2 Å². The zero-order valence-corrected chi connectivity index (χ0v) is 20.2. The molecule has 1 aromatic carbocycles. The van der Waals surface area contributed by atoms with E-state index in [1.165, 1.54) is 51.4 Å². The topological polar surface area (TPSA) is 79.9 Å². The number of unbranched alkanes of at least 4 members (excludes halogenated alkanes) is 4. The van der Waals surface area contributed by atoms with Crippen molar-refractivity contribution in [2.75, 3.05) is 26.8 Å². The van der Waals surface area contributed by atoms with Crippen LogP contribution in [0.2, 0.25) is 0 Å². The van der Waals surface area contributed by atoms with Gasteiger partial charge in [0.05, 0.1) is 19.3 Å². The Kier molecular flexibility index (Phi) is 11.1. The maximum atomic E-state index is 12.1. The van der Waals surface area contributed by atoms with E-state index in [-0.39, 0.29) is 11.9 Å². The first-order chi connectivity index (χ1) is 16.2. The molecule has 1 amide bonds. The summed E-state index contributed by atoms with van der Waals surface area (Å²) in [6.45, 7) is 2.73. The molecular weight excluding hydrogens is 418 g/mol. The number of nitrogens with zero attached hydrogens (tertiary/aromatic N) is 1. The van der Waals surface area contributed by atoms with Crippen molar-refractivity contribution in [3.63, 3.8) is 0 Å². The van der Waals surface area contributed by atoms with Crippen LogP contribution in [0.4, 0.5) is 0 Å². The molecule has 0 bridgehead atoms. The molecule has 1 aliphatic heterocycles. The Balaban J connectivity index is 1.36. The van der Waals surface area contributed by atoms with E-state index in [0.717, 1.165) is 43.0 Å². The zero-order chi connectivity index (χ0) is 23.3. The van der Waals surface area contributed by atoms with Gasteiger partial charge in [-0.3, -0.25) is 19.3 Å². The molecular formula is C26H41N3O4. The Bertz CT molecular complexity index is 736. The van der Waals surface area contributed by atoms with Gasteiger partial charge in [0.25, 0.3) is 5.91 Å². The van der Waals surface area contributed by atoms with Crippen molar-refractivity contribution in [1.29, 1.82) is 0 Å². The van der Waals surface area contributed by atoms with Gasteiger partial charge in [-0.25, -0.2) is 5.48 Å². The number of benzene rings is 1. The van der Waals surface area contributed by atoms with Crippen molar-refractivity contribution in [2.45, 2.75) is 89.3 Å². The van der Waals surface area contributed by atoms with E-state index in [1.807, 2.05) is 24.1 Å². The summed E-state index contributed by atoms with van der Waals surface area (Å²) in [7, 11) is 1.89. The highest BCUT2D eigenvalue weighted by atomic mass is 16.7. The summed E-state index contributed by atoms with van der Waals surface area (Å²) in [4.78, 5) is 30.7. The standard InChI is InChI=1S/C26H41N3O4/c1-29(24-15-18-33-28-26(24)31)19-23-21(20-30)11-10-14-25(23)32-17-9-4-2-3-8-16-27-22-12-6-5-7-13-22/h10-11,14,20,22,24,27H,2-9,12-13,15-19H2,1H3,(H,28,31). The van der Waals surface area contributed by atoms with Gasteiger partial charge in [-0.05, 0) is 51.8 Å². The minimum Gasteiger partial charge on any atom is -0.493 e. The van der Waals surface area contributed by atoms with Gasteiger partial charge < -0.3 is 10.1 Å². The molecule has 2 fully saturated rings. The van der Waals surface area contributed by atoms with Crippen LogP contribution in [0.5, 0.6) is 5.75 Å². The highest BCUT2D eigenvalue weighted by Gasteiger charge is 2.28. The number of hydrogen-bond donors (Lipinski definition) is 2. The molecule has 0 radical (unpaired) electrons. The summed E-state index contributed by atoms with van der Waals surface area (Å²) in [5.74, 6) is 0.583. The Hall–Kier alpha value is -1.96. The monoisotopic (exact) mass is 459 g/mol. The van der Waals surface area contributed by atoms with E-state index in [2.05, 4.69) is 10.8 Å². The van der Waals surface area contributed by atoms with Crippen LogP contribution in [0.3, 0.4) is 0 Å². The quantitative estimate of drug-likeness (QED) is 0.323. The summed E-state index contributed by atoms with van der Waals surface area (Å²) in [6, 6.07) is 6.04. The molecule has 184 valence electrons. The smallest absolute Gasteiger partial charge is 0.260 e. The van der Waals surface area contributed by atoms with Crippen molar-refractivity contribution in [3.8, 4) is 5.75 Å². The number of nitrogens with one attached hydrogen (secondary N) is 2. The van der Waals surface area contributed by atoms with E-state index in [1.54, 1.807) is 6.07 Å². The van der Waals surface area contributed by atoms with Crippen LogP contribution in [-0.2, 0) is 16.2 Å². The largest absolute Gasteiger partial charge is 0.493 e. The predicted octanol–water partition coefficient (Wildman–Crippen LogP) is 4.00. The zero-order valence-electron chi connectivity index (χ0n) is 20.2. The Morgan fingerprint density at radius 1 is 1.12 bits per heavy atom. The maximum absolute atomic E-state index is 12.1. The third-order valence-corrected chi connectivity index (χ3v) is 6.82. The normalized spacial score (nSPS) is 19.5. The molecule has 1 aromatic rings. The third kappa shape index (κ3) is 8.40. The van der Waals surface area contributed by atoms with Gasteiger partial charge in [0.15, 0.2) is 6.29 Å². The second-order valence-corrected chi connectivity index (χ2v) is 9.38. The van der Waals surface area contributed by atoms with E-state index in [0.29, 0.717) is 31.7 Å². The fourth-order valence-electron chi connectivity index (χ4n) is 4.82. The van der Waals surface area contributed by atoms with Gasteiger partial charge in [-0.15, -0.1) is 0 Å². The van der Waals surface area contributed by atoms with E-state index < -0.39 is 0 Å². The summed E-state index contributed by atoms with van der Waals surface area (Å²) in [5, 5.41) is 3.71. The van der Waals surface area contributed by atoms with Gasteiger partial charge in [0.1, 0.15) is 5.75 Å². The molecule has 1 saturated heterocycles. The lowest BCUT2D eigenvalue weighted by atomic mass is 9.95. The van der Waals surface area contributed by atoms with E-state index in [4.69, 9.17) is 9.57 Å². The molecule has 7 nitrogen and oxygen atoms in total. The molecule has 3 rings (SSSR count). The fraction of sp³-hybridized carbons (Fsp3) is 0.692. The minimum atomic E-state index is -0.279. The molecule has 2 aliphatic rings. The SMILES string of the molecule is CN(Cc1c(C=O)cccc1OCCCCCCCNC1CCCCC1)C1CCONC1=O. The lowest BCUT2D eigenvalue weighted by molar-refractivity contribution is -0.147. The van der Waals surface area contributed by atoms with E-state index in [9.17, 15) is 9.59 Å². The first-order valence-electron chi connectivity index (χ1n) is 12.7. The Labute approximate surface area is 198 Å². The molecule has 7 heteroatoms. The molecule has 0 spiro atoms. The maximum Gasteiger partial charge on any atom is 0.260 e.